The van der Waals surface area contributed by atoms with Crippen LogP contribution in [0.25, 0.3) is 77.2 Å². The van der Waals surface area contributed by atoms with Gasteiger partial charge in [-0.3, -0.25) is 0 Å². The maximum absolute atomic E-state index is 2.46. The van der Waals surface area contributed by atoms with Gasteiger partial charge in [-0.15, -0.1) is 0 Å². The third-order valence-electron chi connectivity index (χ3n) is 10.3. The minimum absolute atomic E-state index is 1.15. The van der Waals surface area contributed by atoms with Crippen molar-refractivity contribution in [3.05, 3.63) is 168 Å². The lowest BCUT2D eigenvalue weighted by molar-refractivity contribution is 1.13. The monoisotopic (exact) mass is 616 g/mol. The summed E-state index contributed by atoms with van der Waals surface area (Å²) in [6, 6.07) is 53.7. The third kappa shape index (κ3) is 4.26. The van der Waals surface area contributed by atoms with Crippen LogP contribution in [0.2, 0.25) is 0 Å². The van der Waals surface area contributed by atoms with Gasteiger partial charge in [0.1, 0.15) is 0 Å². The fraction of sp³-hybridized carbons (Fsp3) is 0.0870. The third-order valence-corrected chi connectivity index (χ3v) is 10.3. The highest BCUT2D eigenvalue weighted by molar-refractivity contribution is 6.13. The second-order valence-electron chi connectivity index (χ2n) is 13.2. The van der Waals surface area contributed by atoms with Crippen LogP contribution in [0.4, 0.5) is 0 Å². The average molecular weight is 617 g/mol. The molecule has 2 aromatic heterocycles. The van der Waals surface area contributed by atoms with Crippen molar-refractivity contribution in [2.45, 2.75) is 27.7 Å². The van der Waals surface area contributed by atoms with E-state index in [0.717, 1.165) is 11.4 Å². The molecule has 2 heterocycles. The number of nitrogens with zero attached hydrogens (tertiary/aromatic N) is 2. The molecule has 0 atom stereocenters. The van der Waals surface area contributed by atoms with Gasteiger partial charge in [-0.05, 0) is 115 Å². The van der Waals surface area contributed by atoms with Gasteiger partial charge in [0.05, 0.1) is 22.1 Å². The van der Waals surface area contributed by atoms with E-state index in [2.05, 4.69) is 182 Å². The first-order valence-corrected chi connectivity index (χ1v) is 16.8. The van der Waals surface area contributed by atoms with Crippen molar-refractivity contribution >= 4 is 43.6 Å². The van der Waals surface area contributed by atoms with E-state index in [1.54, 1.807) is 0 Å². The quantitative estimate of drug-likeness (QED) is 0.186. The summed E-state index contributed by atoms with van der Waals surface area (Å²) in [4.78, 5) is 0. The van der Waals surface area contributed by atoms with E-state index >= 15 is 0 Å². The van der Waals surface area contributed by atoms with Crippen molar-refractivity contribution in [2.24, 2.45) is 0 Å². The molecule has 2 nitrogen and oxygen atoms in total. The first-order chi connectivity index (χ1) is 23.5. The van der Waals surface area contributed by atoms with E-state index in [9.17, 15) is 0 Å². The van der Waals surface area contributed by atoms with Crippen LogP contribution in [0.1, 0.15) is 22.3 Å². The van der Waals surface area contributed by atoms with Crippen LogP contribution in [0.5, 0.6) is 0 Å². The van der Waals surface area contributed by atoms with Crippen LogP contribution >= 0.6 is 0 Å². The van der Waals surface area contributed by atoms with E-state index in [1.807, 2.05) is 0 Å². The van der Waals surface area contributed by atoms with E-state index in [-0.39, 0.29) is 0 Å². The van der Waals surface area contributed by atoms with E-state index in [4.69, 9.17) is 0 Å². The number of benzene rings is 7. The Labute approximate surface area is 281 Å². The Balaban J connectivity index is 1.32. The minimum Gasteiger partial charge on any atom is -0.309 e. The summed E-state index contributed by atoms with van der Waals surface area (Å²) >= 11 is 0. The molecule has 0 spiro atoms. The fourth-order valence-corrected chi connectivity index (χ4v) is 7.95. The van der Waals surface area contributed by atoms with E-state index in [0.29, 0.717) is 0 Å². The first-order valence-electron chi connectivity index (χ1n) is 16.8. The molecule has 9 aromatic rings. The lowest BCUT2D eigenvalue weighted by Crippen LogP contribution is -1.99. The molecule has 9 rings (SSSR count). The highest BCUT2D eigenvalue weighted by Crippen LogP contribution is 2.40. The summed E-state index contributed by atoms with van der Waals surface area (Å²) in [5, 5.41) is 5.18. The normalized spacial score (nSPS) is 11.8. The molecule has 0 N–H and O–H groups in total. The predicted molar refractivity (Wildman–Crippen MR) is 205 cm³/mol. The average Bonchev–Trinajstić information content (AvgIpc) is 3.62. The minimum atomic E-state index is 1.15. The summed E-state index contributed by atoms with van der Waals surface area (Å²) in [6.45, 7) is 8.84. The second kappa shape index (κ2) is 10.9. The van der Waals surface area contributed by atoms with E-state index < -0.39 is 0 Å². The maximum atomic E-state index is 2.46. The smallest absolute Gasteiger partial charge is 0.0547 e. The van der Waals surface area contributed by atoms with Crippen LogP contribution in [-0.4, -0.2) is 9.13 Å². The molecule has 0 aliphatic heterocycles. The Morgan fingerprint density at radius 3 is 1.21 bits per heavy atom. The molecule has 0 saturated heterocycles. The molecule has 0 fully saturated rings. The molecule has 0 saturated carbocycles. The SMILES string of the molecule is Cc1ccccc1-c1ccc2c3c(C)cccc3n(-c3cccc(-n4c5cc(-c6ccccc6C)ccc5c5c(C)cccc54)c3)c2c1. The number of rotatable bonds is 4. The Morgan fingerprint density at radius 2 is 0.750 bits per heavy atom. The molecule has 0 aliphatic carbocycles. The molecule has 230 valence electrons. The largest absolute Gasteiger partial charge is 0.309 e. The van der Waals surface area contributed by atoms with Crippen LogP contribution in [0.15, 0.2) is 146 Å². The summed E-state index contributed by atoms with van der Waals surface area (Å²) < 4.78 is 4.92. The molecule has 0 radical (unpaired) electrons. The summed E-state index contributed by atoms with van der Waals surface area (Å²) in [6.07, 6.45) is 0. The van der Waals surface area contributed by atoms with Gasteiger partial charge in [0.25, 0.3) is 0 Å². The topological polar surface area (TPSA) is 9.86 Å². The first kappa shape index (κ1) is 28.4. The zero-order valence-corrected chi connectivity index (χ0v) is 27.8. The molecule has 0 aliphatic rings. The molecule has 0 bridgehead atoms. The Hall–Kier alpha value is -5.86. The maximum Gasteiger partial charge on any atom is 0.0547 e. The lowest BCUT2D eigenvalue weighted by atomic mass is 9.99. The molecule has 48 heavy (non-hydrogen) atoms. The van der Waals surface area contributed by atoms with Crippen molar-refractivity contribution in [3.63, 3.8) is 0 Å². The highest BCUT2D eigenvalue weighted by atomic mass is 15.0. The van der Waals surface area contributed by atoms with Gasteiger partial charge in [-0.25, -0.2) is 0 Å². The van der Waals surface area contributed by atoms with Crippen molar-refractivity contribution < 1.29 is 0 Å². The molecule has 0 unspecified atom stereocenters. The molecule has 0 amide bonds. The summed E-state index contributed by atoms with van der Waals surface area (Å²) in [5.74, 6) is 0. The Kier molecular flexibility index (Phi) is 6.42. The summed E-state index contributed by atoms with van der Waals surface area (Å²) in [7, 11) is 0. The Morgan fingerprint density at radius 1 is 0.333 bits per heavy atom. The van der Waals surface area contributed by atoms with Crippen molar-refractivity contribution in [1.82, 2.24) is 9.13 Å². The highest BCUT2D eigenvalue weighted by Gasteiger charge is 2.18. The summed E-state index contributed by atoms with van der Waals surface area (Å²) in [5.41, 5.74) is 17.3. The predicted octanol–water partition coefficient (Wildman–Crippen LogP) is 12.4. The fourth-order valence-electron chi connectivity index (χ4n) is 7.95. The van der Waals surface area contributed by atoms with Gasteiger partial charge in [0, 0.05) is 32.9 Å². The number of aryl methyl sites for hydroxylation is 4. The number of hydrogen-bond donors (Lipinski definition) is 0. The zero-order valence-electron chi connectivity index (χ0n) is 27.8. The Bertz CT molecular complexity index is 2530. The number of aromatic nitrogens is 2. The van der Waals surface area contributed by atoms with Crippen LogP contribution in [0.3, 0.4) is 0 Å². The molecular formula is C46H36N2. The zero-order chi connectivity index (χ0) is 32.5. The van der Waals surface area contributed by atoms with Crippen LogP contribution < -0.4 is 0 Å². The van der Waals surface area contributed by atoms with Gasteiger partial charge in [0.2, 0.25) is 0 Å². The van der Waals surface area contributed by atoms with Crippen LogP contribution in [-0.2, 0) is 0 Å². The van der Waals surface area contributed by atoms with Crippen molar-refractivity contribution in [3.8, 4) is 33.6 Å². The van der Waals surface area contributed by atoms with Crippen molar-refractivity contribution in [1.29, 1.82) is 0 Å². The lowest BCUT2D eigenvalue weighted by Gasteiger charge is -2.14. The van der Waals surface area contributed by atoms with E-state index in [1.165, 1.54) is 88.1 Å². The van der Waals surface area contributed by atoms with Gasteiger partial charge in [-0.2, -0.15) is 0 Å². The molecule has 7 aromatic carbocycles. The van der Waals surface area contributed by atoms with Gasteiger partial charge in [0.15, 0.2) is 0 Å². The van der Waals surface area contributed by atoms with Crippen LogP contribution in [0, 0.1) is 27.7 Å². The van der Waals surface area contributed by atoms with Gasteiger partial charge in [-0.1, -0.05) is 103 Å². The number of hydrogen-bond acceptors (Lipinski definition) is 0. The molecular weight excluding hydrogens is 581 g/mol. The van der Waals surface area contributed by atoms with Gasteiger partial charge >= 0.3 is 0 Å². The standard InChI is InChI=1S/C46H36N2/c1-29-12-5-7-18-37(29)33-22-24-39-43(26-33)47(41-20-9-14-31(3)45(39)41)35-16-11-17-36(28-35)48-42-21-10-15-32(4)46(42)40-25-23-34(27-44(40)48)38-19-8-6-13-30(38)2/h5-28H,1-4H3. The second-order valence-corrected chi connectivity index (χ2v) is 13.2. The van der Waals surface area contributed by atoms with Crippen molar-refractivity contribution in [2.75, 3.05) is 0 Å². The van der Waals surface area contributed by atoms with Gasteiger partial charge < -0.3 is 9.13 Å². The molecule has 2 heteroatoms. The number of fused-ring (bicyclic) bond motifs is 6.